The molecule has 0 radical (unpaired) electrons. The summed E-state index contributed by atoms with van der Waals surface area (Å²) in [6.07, 6.45) is 5.15. The van der Waals surface area contributed by atoms with Gasteiger partial charge in [-0.1, -0.05) is 17.3 Å². The van der Waals surface area contributed by atoms with E-state index >= 15 is 0 Å². The number of hydrogen-bond acceptors (Lipinski definition) is 4. The molecule has 0 aromatic rings. The zero-order valence-electron chi connectivity index (χ0n) is 8.17. The fourth-order valence-corrected chi connectivity index (χ4v) is 1.21. The summed E-state index contributed by atoms with van der Waals surface area (Å²) in [6, 6.07) is 0. The molecule has 0 aromatic heterocycles. The van der Waals surface area contributed by atoms with Gasteiger partial charge in [-0.15, -0.1) is 0 Å². The predicted octanol–water partition coefficient (Wildman–Crippen LogP) is 0.993. The summed E-state index contributed by atoms with van der Waals surface area (Å²) in [5.41, 5.74) is 0.366. The molecule has 1 unspecified atom stereocenters. The van der Waals surface area contributed by atoms with E-state index < -0.39 is 17.7 Å². The van der Waals surface area contributed by atoms with Gasteiger partial charge in [-0.05, 0) is 13.0 Å². The van der Waals surface area contributed by atoms with Gasteiger partial charge in [0.25, 0.3) is 0 Å². The minimum atomic E-state index is -1.19. The van der Waals surface area contributed by atoms with Crippen LogP contribution < -0.4 is 0 Å². The second kappa shape index (κ2) is 4.54. The van der Waals surface area contributed by atoms with Crippen LogP contribution in [0.2, 0.25) is 0 Å². The average molecular weight is 209 g/mol. The van der Waals surface area contributed by atoms with Gasteiger partial charge in [0.2, 0.25) is 0 Å². The molecule has 5 heteroatoms. The number of carboxylic acid groups (broad SMARTS) is 1. The Labute approximate surface area is 86.4 Å². The van der Waals surface area contributed by atoms with Gasteiger partial charge in [-0.25, -0.2) is 0 Å². The van der Waals surface area contributed by atoms with Crippen molar-refractivity contribution >= 4 is 17.5 Å². The summed E-state index contributed by atoms with van der Waals surface area (Å²) >= 11 is 0. The van der Waals surface area contributed by atoms with E-state index in [0.717, 1.165) is 0 Å². The Balaban J connectivity index is 2.96. The molecule has 0 heterocycles. The van der Waals surface area contributed by atoms with Crippen molar-refractivity contribution in [2.24, 2.45) is 11.1 Å². The van der Waals surface area contributed by atoms with Crippen LogP contribution >= 0.6 is 0 Å². The first kappa shape index (κ1) is 11.2. The lowest BCUT2D eigenvalue weighted by molar-refractivity contribution is -0.144. The highest BCUT2D eigenvalue weighted by atomic mass is 16.4. The molecule has 0 amide bonds. The van der Waals surface area contributed by atoms with Crippen LogP contribution in [0.4, 0.5) is 0 Å². The topological polar surface area (TPSA) is 87.0 Å². The highest BCUT2D eigenvalue weighted by molar-refractivity contribution is 6.26. The zero-order chi connectivity index (χ0) is 11.4. The smallest absolute Gasteiger partial charge is 0.314 e. The monoisotopic (exact) mass is 209 g/mol. The first-order chi connectivity index (χ1) is 7.07. The Morgan fingerprint density at radius 3 is 2.73 bits per heavy atom. The van der Waals surface area contributed by atoms with E-state index in [0.29, 0.717) is 6.42 Å². The van der Waals surface area contributed by atoms with E-state index in [9.17, 15) is 9.59 Å². The number of hydrogen-bond donors (Lipinski definition) is 2. The SMILES string of the molecule is CC(C(=O)O)C(=O)C1=CC=CCC1=NO. The Morgan fingerprint density at radius 1 is 1.53 bits per heavy atom. The van der Waals surface area contributed by atoms with Crippen LogP contribution in [0.1, 0.15) is 13.3 Å². The lowest BCUT2D eigenvalue weighted by Crippen LogP contribution is -2.26. The van der Waals surface area contributed by atoms with Gasteiger partial charge in [0.05, 0.1) is 5.71 Å². The number of aliphatic carboxylic acids is 1. The molecule has 1 aliphatic rings. The average Bonchev–Trinajstić information content (AvgIpc) is 2.26. The fraction of sp³-hybridized carbons (Fsp3) is 0.300. The van der Waals surface area contributed by atoms with Crippen LogP contribution in [0.15, 0.2) is 29.0 Å². The van der Waals surface area contributed by atoms with Crippen molar-refractivity contribution in [1.29, 1.82) is 0 Å². The number of nitrogens with zero attached hydrogens (tertiary/aromatic N) is 1. The lowest BCUT2D eigenvalue weighted by Gasteiger charge is -2.11. The van der Waals surface area contributed by atoms with Crippen molar-refractivity contribution in [2.75, 3.05) is 0 Å². The molecular weight excluding hydrogens is 198 g/mol. The van der Waals surface area contributed by atoms with Crippen molar-refractivity contribution < 1.29 is 19.9 Å². The maximum atomic E-state index is 11.6. The molecular formula is C10H11NO4. The van der Waals surface area contributed by atoms with E-state index in [1.54, 1.807) is 12.2 Å². The molecule has 1 atom stereocenters. The van der Waals surface area contributed by atoms with Crippen molar-refractivity contribution in [3.63, 3.8) is 0 Å². The number of carbonyl (C=O) groups excluding carboxylic acids is 1. The van der Waals surface area contributed by atoms with Crippen LogP contribution in [0.3, 0.4) is 0 Å². The molecule has 1 rings (SSSR count). The number of ketones is 1. The number of oxime groups is 1. The summed E-state index contributed by atoms with van der Waals surface area (Å²) < 4.78 is 0. The third kappa shape index (κ3) is 2.31. The first-order valence-corrected chi connectivity index (χ1v) is 4.43. The fourth-order valence-electron chi connectivity index (χ4n) is 1.21. The maximum Gasteiger partial charge on any atom is 0.314 e. The zero-order valence-corrected chi connectivity index (χ0v) is 8.17. The van der Waals surface area contributed by atoms with Gasteiger partial charge < -0.3 is 10.3 Å². The molecule has 0 spiro atoms. The van der Waals surface area contributed by atoms with Crippen LogP contribution in [-0.2, 0) is 9.59 Å². The lowest BCUT2D eigenvalue weighted by atomic mass is 9.92. The highest BCUT2D eigenvalue weighted by Gasteiger charge is 2.27. The Hall–Kier alpha value is -1.91. The first-order valence-electron chi connectivity index (χ1n) is 4.43. The summed E-state index contributed by atoms with van der Waals surface area (Å²) in [5, 5.41) is 20.3. The van der Waals surface area contributed by atoms with Crippen molar-refractivity contribution in [3.05, 3.63) is 23.8 Å². The normalized spacial score (nSPS) is 19.8. The van der Waals surface area contributed by atoms with Crippen LogP contribution in [0, 0.1) is 5.92 Å². The minimum Gasteiger partial charge on any atom is -0.481 e. The van der Waals surface area contributed by atoms with Gasteiger partial charge >= 0.3 is 5.97 Å². The third-order valence-corrected chi connectivity index (χ3v) is 2.17. The van der Waals surface area contributed by atoms with Gasteiger partial charge in [0.15, 0.2) is 5.78 Å². The van der Waals surface area contributed by atoms with E-state index in [-0.39, 0.29) is 11.3 Å². The number of rotatable bonds is 3. The maximum absolute atomic E-state index is 11.6. The molecule has 5 nitrogen and oxygen atoms in total. The van der Waals surface area contributed by atoms with E-state index in [1.807, 2.05) is 0 Å². The summed E-state index contributed by atoms with van der Waals surface area (Å²) in [6.45, 7) is 1.30. The van der Waals surface area contributed by atoms with Crippen molar-refractivity contribution in [2.45, 2.75) is 13.3 Å². The number of allylic oxidation sites excluding steroid dienone is 4. The Morgan fingerprint density at radius 2 is 2.20 bits per heavy atom. The predicted molar refractivity (Wildman–Crippen MR) is 52.9 cm³/mol. The second-order valence-corrected chi connectivity index (χ2v) is 3.18. The Kier molecular flexibility index (Phi) is 3.38. The molecule has 0 bridgehead atoms. The molecule has 0 saturated carbocycles. The molecule has 80 valence electrons. The number of carboxylic acids is 1. The molecule has 15 heavy (non-hydrogen) atoms. The summed E-state index contributed by atoms with van der Waals surface area (Å²) in [4.78, 5) is 22.2. The molecule has 0 aromatic carbocycles. The standard InChI is InChI=1S/C10H11NO4/c1-6(10(13)14)9(12)7-4-2-3-5-8(7)11-15/h2-4,6,15H,5H2,1H3,(H,13,14). The van der Waals surface area contributed by atoms with E-state index in [1.165, 1.54) is 13.0 Å². The van der Waals surface area contributed by atoms with Crippen molar-refractivity contribution in [1.82, 2.24) is 0 Å². The van der Waals surface area contributed by atoms with E-state index in [4.69, 9.17) is 10.3 Å². The molecule has 0 aliphatic heterocycles. The minimum absolute atomic E-state index is 0.162. The summed E-state index contributed by atoms with van der Waals surface area (Å²) in [7, 11) is 0. The van der Waals surface area contributed by atoms with Gasteiger partial charge in [0, 0.05) is 12.0 Å². The van der Waals surface area contributed by atoms with Crippen LogP contribution in [0.25, 0.3) is 0 Å². The van der Waals surface area contributed by atoms with Gasteiger partial charge in [-0.3, -0.25) is 9.59 Å². The van der Waals surface area contributed by atoms with Crippen molar-refractivity contribution in [3.8, 4) is 0 Å². The van der Waals surface area contributed by atoms with Gasteiger partial charge in [-0.2, -0.15) is 0 Å². The second-order valence-electron chi connectivity index (χ2n) is 3.18. The van der Waals surface area contributed by atoms with Crippen LogP contribution in [0.5, 0.6) is 0 Å². The van der Waals surface area contributed by atoms with Crippen LogP contribution in [-0.4, -0.2) is 27.8 Å². The quantitative estimate of drug-likeness (QED) is 0.412. The molecule has 0 fully saturated rings. The van der Waals surface area contributed by atoms with E-state index in [2.05, 4.69) is 5.16 Å². The Bertz CT molecular complexity index is 379. The number of Topliss-reactive ketones (excluding diaryl/α,β-unsaturated/α-hetero) is 1. The molecule has 0 saturated heterocycles. The highest BCUT2D eigenvalue weighted by Crippen LogP contribution is 2.15. The third-order valence-electron chi connectivity index (χ3n) is 2.17. The molecule has 2 N–H and O–H groups in total. The largest absolute Gasteiger partial charge is 0.481 e. The molecule has 1 aliphatic carbocycles. The van der Waals surface area contributed by atoms with Gasteiger partial charge in [0.1, 0.15) is 5.92 Å². The number of carbonyl (C=O) groups is 2. The summed E-state index contributed by atoms with van der Waals surface area (Å²) in [5.74, 6) is -2.85.